The third-order valence-electron chi connectivity index (χ3n) is 6.89. The first-order chi connectivity index (χ1) is 12.0. The summed E-state index contributed by atoms with van der Waals surface area (Å²) in [6.45, 7) is 4.29. The fourth-order valence-corrected chi connectivity index (χ4v) is 5.38. The van der Waals surface area contributed by atoms with Crippen molar-refractivity contribution in [2.45, 2.75) is 89.9 Å². The van der Waals surface area contributed by atoms with Crippen molar-refractivity contribution >= 4 is 0 Å². The van der Waals surface area contributed by atoms with Crippen LogP contribution in [0.1, 0.15) is 88.7 Å². The fraction of sp³-hybridized carbons (Fsp3) is 0.739. The molecule has 1 aromatic rings. The van der Waals surface area contributed by atoms with Crippen molar-refractivity contribution in [3.8, 4) is 0 Å². The van der Waals surface area contributed by atoms with Crippen LogP contribution in [0.25, 0.3) is 0 Å². The van der Waals surface area contributed by atoms with Gasteiger partial charge in [-0.05, 0) is 73.8 Å². The molecular formula is C23H34F2. The van der Waals surface area contributed by atoms with Gasteiger partial charge in [0, 0.05) is 12.3 Å². The molecule has 2 atom stereocenters. The normalized spacial score (nSPS) is 32.5. The molecule has 2 saturated carbocycles. The Hall–Kier alpha value is -0.920. The summed E-state index contributed by atoms with van der Waals surface area (Å²) >= 11 is 0. The van der Waals surface area contributed by atoms with Gasteiger partial charge in [0.05, 0.1) is 0 Å². The van der Waals surface area contributed by atoms with Gasteiger partial charge in [-0.2, -0.15) is 0 Å². The number of benzene rings is 1. The van der Waals surface area contributed by atoms with Crippen molar-refractivity contribution in [1.82, 2.24) is 0 Å². The van der Waals surface area contributed by atoms with Gasteiger partial charge in [0.25, 0.3) is 5.92 Å². The zero-order valence-electron chi connectivity index (χ0n) is 15.9. The molecule has 0 nitrogen and oxygen atoms in total. The van der Waals surface area contributed by atoms with E-state index < -0.39 is 5.92 Å². The number of aryl methyl sites for hydroxylation is 1. The van der Waals surface area contributed by atoms with E-state index in [0.717, 1.165) is 57.8 Å². The van der Waals surface area contributed by atoms with Crippen LogP contribution in [0, 0.1) is 17.8 Å². The Balaban J connectivity index is 1.56. The maximum Gasteiger partial charge on any atom is 0.251 e. The van der Waals surface area contributed by atoms with E-state index in [0.29, 0.717) is 5.92 Å². The average Bonchev–Trinajstić information content (AvgIpc) is 2.62. The molecule has 0 N–H and O–H groups in total. The lowest BCUT2D eigenvalue weighted by molar-refractivity contribution is -0.127. The summed E-state index contributed by atoms with van der Waals surface area (Å²) in [5.74, 6) is -1.72. The first-order valence-corrected chi connectivity index (χ1v) is 10.5. The van der Waals surface area contributed by atoms with Crippen LogP contribution >= 0.6 is 0 Å². The van der Waals surface area contributed by atoms with Gasteiger partial charge in [-0.1, -0.05) is 51.0 Å². The Kier molecular flexibility index (Phi) is 6.17. The lowest BCUT2D eigenvalue weighted by Gasteiger charge is -2.42. The molecule has 2 aliphatic rings. The number of alkyl halides is 2. The van der Waals surface area contributed by atoms with Crippen LogP contribution in [0.3, 0.4) is 0 Å². The monoisotopic (exact) mass is 348 g/mol. The van der Waals surface area contributed by atoms with Crippen molar-refractivity contribution in [1.29, 1.82) is 0 Å². The molecule has 0 saturated heterocycles. The van der Waals surface area contributed by atoms with Crippen LogP contribution in [0.5, 0.6) is 0 Å². The average molecular weight is 349 g/mol. The highest BCUT2D eigenvalue weighted by atomic mass is 19.3. The Labute approximate surface area is 152 Å². The van der Waals surface area contributed by atoms with Crippen LogP contribution in [0.2, 0.25) is 0 Å². The molecular weight excluding hydrogens is 314 g/mol. The Morgan fingerprint density at radius 1 is 0.920 bits per heavy atom. The quantitative estimate of drug-likeness (QED) is 0.521. The van der Waals surface area contributed by atoms with Crippen LogP contribution in [0.4, 0.5) is 8.78 Å². The molecule has 2 aliphatic carbocycles. The molecule has 0 aliphatic heterocycles. The molecule has 0 aromatic heterocycles. The third-order valence-corrected chi connectivity index (χ3v) is 6.89. The minimum Gasteiger partial charge on any atom is -0.207 e. The zero-order valence-corrected chi connectivity index (χ0v) is 15.9. The molecule has 2 unspecified atom stereocenters. The van der Waals surface area contributed by atoms with Gasteiger partial charge >= 0.3 is 0 Å². The largest absolute Gasteiger partial charge is 0.251 e. The fourth-order valence-electron chi connectivity index (χ4n) is 5.38. The molecule has 3 rings (SSSR count). The predicted octanol–water partition coefficient (Wildman–Crippen LogP) is 7.37. The van der Waals surface area contributed by atoms with Gasteiger partial charge in [-0.15, -0.1) is 0 Å². The standard InChI is InChI=1S/C23H34F2/c1-3-5-18-8-15-22(23(24,25)16-18)21-13-11-20(12-14-21)19-9-6-17(4-2)7-10-19/h6-7,9-10,18,20-22H,3-5,8,11-16H2,1-2H3. The van der Waals surface area contributed by atoms with Crippen molar-refractivity contribution in [2.75, 3.05) is 0 Å². The van der Waals surface area contributed by atoms with Gasteiger partial charge in [0.2, 0.25) is 0 Å². The molecule has 140 valence electrons. The maximum atomic E-state index is 14.7. The summed E-state index contributed by atoms with van der Waals surface area (Å²) in [4.78, 5) is 0. The van der Waals surface area contributed by atoms with Crippen LogP contribution in [-0.4, -0.2) is 5.92 Å². The summed E-state index contributed by atoms with van der Waals surface area (Å²) in [6, 6.07) is 8.97. The van der Waals surface area contributed by atoms with Gasteiger partial charge < -0.3 is 0 Å². The van der Waals surface area contributed by atoms with E-state index in [2.05, 4.69) is 38.1 Å². The minimum absolute atomic E-state index is 0.143. The molecule has 0 bridgehead atoms. The molecule has 1 aromatic carbocycles. The first kappa shape index (κ1) is 18.9. The smallest absolute Gasteiger partial charge is 0.207 e. The van der Waals surface area contributed by atoms with Crippen molar-refractivity contribution in [3.63, 3.8) is 0 Å². The van der Waals surface area contributed by atoms with E-state index in [1.165, 1.54) is 11.1 Å². The SMILES string of the molecule is CCCC1CCC(C2CCC(c3ccc(CC)cc3)CC2)C(F)(F)C1. The zero-order chi connectivity index (χ0) is 17.9. The Morgan fingerprint density at radius 3 is 2.16 bits per heavy atom. The highest BCUT2D eigenvalue weighted by molar-refractivity contribution is 5.25. The maximum absolute atomic E-state index is 14.7. The van der Waals surface area contributed by atoms with Gasteiger partial charge in [0.15, 0.2) is 0 Å². The van der Waals surface area contributed by atoms with Gasteiger partial charge in [-0.3, -0.25) is 0 Å². The number of halogens is 2. The van der Waals surface area contributed by atoms with Gasteiger partial charge in [-0.25, -0.2) is 8.78 Å². The molecule has 2 heteroatoms. The molecule has 0 spiro atoms. The van der Waals surface area contributed by atoms with Crippen LogP contribution in [0.15, 0.2) is 24.3 Å². The summed E-state index contributed by atoms with van der Waals surface area (Å²) in [6.07, 6.45) is 9.13. The lowest BCUT2D eigenvalue weighted by Crippen LogP contribution is -2.41. The minimum atomic E-state index is -2.43. The molecule has 0 amide bonds. The van der Waals surface area contributed by atoms with E-state index in [4.69, 9.17) is 0 Å². The topological polar surface area (TPSA) is 0 Å². The van der Waals surface area contributed by atoms with E-state index >= 15 is 0 Å². The van der Waals surface area contributed by atoms with E-state index in [-0.39, 0.29) is 24.2 Å². The van der Waals surface area contributed by atoms with Crippen molar-refractivity contribution in [2.24, 2.45) is 17.8 Å². The molecule has 0 heterocycles. The summed E-state index contributed by atoms with van der Waals surface area (Å²) < 4.78 is 29.5. The predicted molar refractivity (Wildman–Crippen MR) is 101 cm³/mol. The Morgan fingerprint density at radius 2 is 1.60 bits per heavy atom. The van der Waals surface area contributed by atoms with Crippen molar-refractivity contribution in [3.05, 3.63) is 35.4 Å². The third kappa shape index (κ3) is 4.44. The van der Waals surface area contributed by atoms with Crippen LogP contribution in [-0.2, 0) is 6.42 Å². The Bertz CT molecular complexity index is 526. The highest BCUT2D eigenvalue weighted by Crippen LogP contribution is 2.50. The first-order valence-electron chi connectivity index (χ1n) is 10.5. The highest BCUT2D eigenvalue weighted by Gasteiger charge is 2.48. The second-order valence-corrected chi connectivity index (χ2v) is 8.51. The van der Waals surface area contributed by atoms with E-state index in [1.54, 1.807) is 0 Å². The summed E-state index contributed by atoms with van der Waals surface area (Å²) in [5.41, 5.74) is 2.79. The lowest BCUT2D eigenvalue weighted by atomic mass is 9.66. The second-order valence-electron chi connectivity index (χ2n) is 8.51. The van der Waals surface area contributed by atoms with E-state index in [1.807, 2.05) is 0 Å². The second kappa shape index (κ2) is 8.18. The molecule has 2 fully saturated rings. The molecule has 0 radical (unpaired) electrons. The van der Waals surface area contributed by atoms with Crippen molar-refractivity contribution < 1.29 is 8.78 Å². The summed E-state index contributed by atoms with van der Waals surface area (Å²) in [7, 11) is 0. The number of hydrogen-bond acceptors (Lipinski definition) is 0. The van der Waals surface area contributed by atoms with Crippen LogP contribution < -0.4 is 0 Å². The number of rotatable bonds is 5. The number of hydrogen-bond donors (Lipinski definition) is 0. The van der Waals surface area contributed by atoms with Gasteiger partial charge in [0.1, 0.15) is 0 Å². The molecule has 25 heavy (non-hydrogen) atoms. The summed E-state index contributed by atoms with van der Waals surface area (Å²) in [5, 5.41) is 0. The van der Waals surface area contributed by atoms with E-state index in [9.17, 15) is 8.78 Å².